The SMILES string of the molecule is CC1(C)CCCC(C)(C)N1O[C@@H](C(=O)N1C(=O)OC[C@@H]1Cc1ccccc1)c1ccccc1. The number of hydroxylamine groups is 2. The quantitative estimate of drug-likeness (QED) is 0.598. The van der Waals surface area contributed by atoms with Gasteiger partial charge in [-0.2, -0.15) is 5.06 Å². The molecule has 6 nitrogen and oxygen atoms in total. The van der Waals surface area contributed by atoms with Crippen LogP contribution in [0.25, 0.3) is 0 Å². The Kier molecular flexibility index (Phi) is 6.59. The highest BCUT2D eigenvalue weighted by atomic mass is 16.7. The molecule has 0 spiro atoms. The summed E-state index contributed by atoms with van der Waals surface area (Å²) >= 11 is 0. The average Bonchev–Trinajstić information content (AvgIpc) is 3.13. The third-order valence-corrected chi connectivity index (χ3v) is 6.73. The van der Waals surface area contributed by atoms with Gasteiger partial charge in [0, 0.05) is 11.1 Å². The van der Waals surface area contributed by atoms with Crippen LogP contribution >= 0.6 is 0 Å². The van der Waals surface area contributed by atoms with Gasteiger partial charge in [0.2, 0.25) is 0 Å². The first-order valence-electron chi connectivity index (χ1n) is 11.7. The van der Waals surface area contributed by atoms with Gasteiger partial charge in [-0.05, 0) is 64.5 Å². The summed E-state index contributed by atoms with van der Waals surface area (Å²) in [4.78, 5) is 34.5. The Balaban J connectivity index is 1.65. The largest absolute Gasteiger partial charge is 0.447 e. The number of piperidine rings is 1. The molecule has 2 aliphatic rings. The summed E-state index contributed by atoms with van der Waals surface area (Å²) < 4.78 is 5.33. The van der Waals surface area contributed by atoms with Gasteiger partial charge in [-0.3, -0.25) is 9.63 Å². The van der Waals surface area contributed by atoms with Gasteiger partial charge in [-0.1, -0.05) is 60.7 Å². The number of imide groups is 1. The number of cyclic esters (lactones) is 1. The van der Waals surface area contributed by atoms with E-state index in [1.807, 2.05) is 65.7 Å². The standard InChI is InChI=1S/C27H34N2O4/c1-26(2)16-11-17-27(3,4)29(26)33-23(21-14-9-6-10-15-21)24(30)28-22(19-32-25(28)31)18-20-12-7-5-8-13-20/h5-10,12-15,22-23H,11,16-19H2,1-4H3/t22-,23+/m0/s1. The first-order chi connectivity index (χ1) is 15.7. The number of hydrogen-bond acceptors (Lipinski definition) is 5. The number of carbonyl (C=O) groups is 2. The lowest BCUT2D eigenvalue weighted by atomic mass is 9.82. The zero-order valence-corrected chi connectivity index (χ0v) is 20.0. The summed E-state index contributed by atoms with van der Waals surface area (Å²) in [5.74, 6) is -0.387. The van der Waals surface area contributed by atoms with Crippen molar-refractivity contribution in [1.82, 2.24) is 9.96 Å². The number of carbonyl (C=O) groups excluding carboxylic acids is 2. The zero-order chi connectivity index (χ0) is 23.6. The second-order valence-electron chi connectivity index (χ2n) is 10.3. The van der Waals surface area contributed by atoms with Gasteiger partial charge in [0.1, 0.15) is 6.61 Å². The lowest BCUT2D eigenvalue weighted by Gasteiger charge is -2.52. The fraction of sp³-hybridized carbons (Fsp3) is 0.481. The molecule has 0 unspecified atom stereocenters. The molecule has 4 rings (SSSR count). The highest BCUT2D eigenvalue weighted by Crippen LogP contribution is 2.41. The fourth-order valence-electron chi connectivity index (χ4n) is 5.14. The third kappa shape index (κ3) is 4.97. The number of rotatable bonds is 6. The predicted octanol–water partition coefficient (Wildman–Crippen LogP) is 5.29. The van der Waals surface area contributed by atoms with E-state index < -0.39 is 12.2 Å². The number of benzene rings is 2. The van der Waals surface area contributed by atoms with Crippen molar-refractivity contribution in [3.8, 4) is 0 Å². The smallest absolute Gasteiger partial charge is 0.417 e. The summed E-state index contributed by atoms with van der Waals surface area (Å²) in [5.41, 5.74) is 1.28. The van der Waals surface area contributed by atoms with Crippen molar-refractivity contribution in [3.05, 3.63) is 71.8 Å². The Labute approximate surface area is 196 Å². The molecule has 2 atom stereocenters. The lowest BCUT2D eigenvalue weighted by Crippen LogP contribution is -2.59. The Morgan fingerprint density at radius 3 is 2.18 bits per heavy atom. The maximum Gasteiger partial charge on any atom is 0.417 e. The van der Waals surface area contributed by atoms with Gasteiger partial charge in [0.05, 0.1) is 6.04 Å². The predicted molar refractivity (Wildman–Crippen MR) is 126 cm³/mol. The molecule has 2 amide bonds. The van der Waals surface area contributed by atoms with E-state index >= 15 is 0 Å². The van der Waals surface area contributed by atoms with Gasteiger partial charge < -0.3 is 4.74 Å². The minimum atomic E-state index is -0.938. The van der Waals surface area contributed by atoms with Crippen LogP contribution in [0.3, 0.4) is 0 Å². The highest BCUT2D eigenvalue weighted by Gasteiger charge is 2.47. The minimum Gasteiger partial charge on any atom is -0.447 e. The van der Waals surface area contributed by atoms with Gasteiger partial charge in [-0.15, -0.1) is 0 Å². The number of ether oxygens (including phenoxy) is 1. The van der Waals surface area contributed by atoms with E-state index in [9.17, 15) is 9.59 Å². The number of amides is 2. The van der Waals surface area contributed by atoms with E-state index in [1.54, 1.807) is 0 Å². The van der Waals surface area contributed by atoms with E-state index in [4.69, 9.17) is 9.57 Å². The van der Waals surface area contributed by atoms with E-state index in [-0.39, 0.29) is 29.6 Å². The normalized spacial score (nSPS) is 23.2. The van der Waals surface area contributed by atoms with Crippen molar-refractivity contribution in [1.29, 1.82) is 0 Å². The Hall–Kier alpha value is -2.70. The Morgan fingerprint density at radius 1 is 1.00 bits per heavy atom. The van der Waals surface area contributed by atoms with E-state index in [2.05, 4.69) is 27.7 Å². The minimum absolute atomic E-state index is 0.182. The monoisotopic (exact) mass is 450 g/mol. The van der Waals surface area contributed by atoms with Crippen molar-refractivity contribution < 1.29 is 19.2 Å². The third-order valence-electron chi connectivity index (χ3n) is 6.73. The Morgan fingerprint density at radius 2 is 1.58 bits per heavy atom. The van der Waals surface area contributed by atoms with Crippen molar-refractivity contribution in [2.24, 2.45) is 0 Å². The second kappa shape index (κ2) is 9.27. The molecule has 0 saturated carbocycles. The fourth-order valence-corrected chi connectivity index (χ4v) is 5.14. The van der Waals surface area contributed by atoms with E-state index in [1.165, 1.54) is 4.90 Å². The molecule has 0 radical (unpaired) electrons. The lowest BCUT2D eigenvalue weighted by molar-refractivity contribution is -0.302. The first-order valence-corrected chi connectivity index (χ1v) is 11.7. The molecular formula is C27H34N2O4. The molecule has 33 heavy (non-hydrogen) atoms. The van der Waals surface area contributed by atoms with Crippen LogP contribution in [0.1, 0.15) is 64.2 Å². The zero-order valence-electron chi connectivity index (χ0n) is 20.0. The molecule has 2 fully saturated rings. The van der Waals surface area contributed by atoms with Gasteiger partial charge >= 0.3 is 6.09 Å². The van der Waals surface area contributed by atoms with Crippen molar-refractivity contribution in [2.45, 2.75) is 76.6 Å². The molecule has 6 heteroatoms. The van der Waals surface area contributed by atoms with Crippen molar-refractivity contribution in [2.75, 3.05) is 6.61 Å². The van der Waals surface area contributed by atoms with E-state index in [0.29, 0.717) is 6.42 Å². The maximum absolute atomic E-state index is 13.9. The second-order valence-corrected chi connectivity index (χ2v) is 10.3. The molecule has 0 bridgehead atoms. The summed E-state index contributed by atoms with van der Waals surface area (Å²) in [6, 6.07) is 18.9. The number of nitrogens with zero attached hydrogens (tertiary/aromatic N) is 2. The van der Waals surface area contributed by atoms with Crippen LogP contribution in [0, 0.1) is 0 Å². The Bertz CT molecular complexity index is 958. The van der Waals surface area contributed by atoms with E-state index in [0.717, 1.165) is 30.4 Å². The molecule has 0 aromatic heterocycles. The maximum atomic E-state index is 13.9. The van der Waals surface area contributed by atoms with Crippen LogP contribution < -0.4 is 0 Å². The average molecular weight is 451 g/mol. The molecule has 0 N–H and O–H groups in total. The molecule has 0 aliphatic carbocycles. The van der Waals surface area contributed by atoms with Crippen LogP contribution in [0.4, 0.5) is 4.79 Å². The number of hydrogen-bond donors (Lipinski definition) is 0. The molecule has 176 valence electrons. The van der Waals surface area contributed by atoms with Gasteiger partial charge in [-0.25, -0.2) is 9.69 Å². The molecule has 2 saturated heterocycles. The van der Waals surface area contributed by atoms with Crippen LogP contribution in [0.5, 0.6) is 0 Å². The first kappa shape index (κ1) is 23.5. The van der Waals surface area contributed by atoms with Crippen LogP contribution in [0.2, 0.25) is 0 Å². The summed E-state index contributed by atoms with van der Waals surface area (Å²) in [5, 5.41) is 1.98. The topological polar surface area (TPSA) is 59.1 Å². The van der Waals surface area contributed by atoms with Crippen molar-refractivity contribution in [3.63, 3.8) is 0 Å². The summed E-state index contributed by atoms with van der Waals surface area (Å²) in [7, 11) is 0. The molecular weight excluding hydrogens is 416 g/mol. The van der Waals surface area contributed by atoms with Crippen LogP contribution in [-0.2, 0) is 20.8 Å². The van der Waals surface area contributed by atoms with Gasteiger partial charge in [0.25, 0.3) is 5.91 Å². The highest BCUT2D eigenvalue weighted by molar-refractivity contribution is 5.96. The summed E-state index contributed by atoms with van der Waals surface area (Å²) in [6.07, 6.45) is 2.03. The molecule has 2 aliphatic heterocycles. The van der Waals surface area contributed by atoms with Gasteiger partial charge in [0.15, 0.2) is 6.10 Å². The van der Waals surface area contributed by atoms with Crippen LogP contribution in [-0.4, -0.2) is 45.7 Å². The van der Waals surface area contributed by atoms with Crippen LogP contribution in [0.15, 0.2) is 60.7 Å². The summed E-state index contributed by atoms with van der Waals surface area (Å²) in [6.45, 7) is 8.75. The molecule has 2 aromatic rings. The molecule has 2 aromatic carbocycles. The molecule has 2 heterocycles. The van der Waals surface area contributed by atoms with Crippen molar-refractivity contribution >= 4 is 12.0 Å².